The lowest BCUT2D eigenvalue weighted by Crippen LogP contribution is -2.37. The Morgan fingerprint density at radius 3 is 2.87 bits per heavy atom. The zero-order valence-corrected chi connectivity index (χ0v) is 13.6. The van der Waals surface area contributed by atoms with Gasteiger partial charge in [-0.2, -0.15) is 0 Å². The molecule has 1 aromatic carbocycles. The Labute approximate surface area is 134 Å². The molecule has 0 spiro atoms. The van der Waals surface area contributed by atoms with E-state index >= 15 is 0 Å². The van der Waals surface area contributed by atoms with Crippen molar-refractivity contribution in [2.75, 3.05) is 11.9 Å². The maximum Gasteiger partial charge on any atom is 0.326 e. The molecule has 1 aromatic heterocycles. The number of hydrogen-bond acceptors (Lipinski definition) is 3. The van der Waals surface area contributed by atoms with E-state index < -0.39 is 0 Å². The molecule has 2 heterocycles. The normalized spacial score (nSPS) is 21.4. The number of benzene rings is 1. The van der Waals surface area contributed by atoms with E-state index in [1.54, 1.807) is 0 Å². The van der Waals surface area contributed by atoms with Crippen molar-refractivity contribution in [3.05, 3.63) is 28.2 Å². The number of amides is 1. The average Bonchev–Trinajstić information content (AvgIpc) is 3.23. The van der Waals surface area contributed by atoms with E-state index in [2.05, 4.69) is 22.1 Å². The minimum atomic E-state index is -0.102. The van der Waals surface area contributed by atoms with Crippen LogP contribution in [0, 0.1) is 5.92 Å². The maximum absolute atomic E-state index is 12.3. The van der Waals surface area contributed by atoms with Crippen molar-refractivity contribution in [3.8, 4) is 0 Å². The van der Waals surface area contributed by atoms with Gasteiger partial charge in [0.25, 0.3) is 0 Å². The number of imidazole rings is 1. The predicted octanol–water partition coefficient (Wildman–Crippen LogP) is 1.90. The molecule has 2 N–H and O–H groups in total. The molecule has 23 heavy (non-hydrogen) atoms. The molecule has 1 fully saturated rings. The van der Waals surface area contributed by atoms with E-state index in [0.717, 1.165) is 41.3 Å². The highest BCUT2D eigenvalue weighted by Gasteiger charge is 2.30. The van der Waals surface area contributed by atoms with E-state index in [9.17, 15) is 9.59 Å². The number of aromatic amines is 1. The summed E-state index contributed by atoms with van der Waals surface area (Å²) in [5.74, 6) is 0.706. The fourth-order valence-corrected chi connectivity index (χ4v) is 3.59. The lowest BCUT2D eigenvalue weighted by atomic mass is 10.1. The summed E-state index contributed by atoms with van der Waals surface area (Å²) in [6.07, 6.45) is 2.63. The third-order valence-electron chi connectivity index (χ3n) is 4.90. The fraction of sp³-hybridized carbons (Fsp3) is 0.529. The van der Waals surface area contributed by atoms with E-state index in [1.807, 2.05) is 16.7 Å². The summed E-state index contributed by atoms with van der Waals surface area (Å²) in [7, 11) is 0. The first-order valence-electron chi connectivity index (χ1n) is 8.28. The van der Waals surface area contributed by atoms with Crippen molar-refractivity contribution in [2.24, 2.45) is 5.92 Å². The van der Waals surface area contributed by atoms with Crippen LogP contribution in [0.3, 0.4) is 0 Å². The molecule has 1 atom stereocenters. The molecule has 1 aliphatic carbocycles. The summed E-state index contributed by atoms with van der Waals surface area (Å²) in [6, 6.07) is 4.18. The first-order valence-corrected chi connectivity index (χ1v) is 8.28. The molecule has 1 saturated carbocycles. The third kappa shape index (κ3) is 2.67. The molecular weight excluding hydrogens is 292 g/mol. The number of nitrogens with one attached hydrogen (secondary N) is 2. The van der Waals surface area contributed by atoms with Gasteiger partial charge in [0.1, 0.15) is 0 Å². The van der Waals surface area contributed by atoms with Crippen LogP contribution in [0.5, 0.6) is 0 Å². The second kappa shape index (κ2) is 5.23. The van der Waals surface area contributed by atoms with E-state index in [4.69, 9.17) is 0 Å². The molecule has 0 bridgehead atoms. The lowest BCUT2D eigenvalue weighted by Gasteiger charge is -2.27. The monoisotopic (exact) mass is 314 g/mol. The fourth-order valence-electron chi connectivity index (χ4n) is 3.59. The molecule has 0 radical (unpaired) electrons. The van der Waals surface area contributed by atoms with Crippen LogP contribution in [0.15, 0.2) is 16.9 Å². The summed E-state index contributed by atoms with van der Waals surface area (Å²) in [5.41, 5.74) is 3.57. The molecule has 0 saturated heterocycles. The highest BCUT2D eigenvalue weighted by molar-refractivity contribution is 5.92. The number of rotatable bonds is 3. The van der Waals surface area contributed by atoms with Crippen LogP contribution in [-0.4, -0.2) is 32.9 Å². The van der Waals surface area contributed by atoms with Crippen molar-refractivity contribution in [3.63, 3.8) is 0 Å². The molecule has 122 valence electrons. The van der Waals surface area contributed by atoms with Crippen molar-refractivity contribution < 1.29 is 4.79 Å². The molecule has 1 unspecified atom stereocenters. The van der Waals surface area contributed by atoms with E-state index in [0.29, 0.717) is 12.6 Å². The van der Waals surface area contributed by atoms with Crippen molar-refractivity contribution >= 4 is 22.6 Å². The highest BCUT2D eigenvalue weighted by atomic mass is 16.1. The summed E-state index contributed by atoms with van der Waals surface area (Å²) in [6.45, 7) is 6.30. The van der Waals surface area contributed by atoms with Crippen LogP contribution in [0.25, 0.3) is 11.0 Å². The van der Waals surface area contributed by atoms with Gasteiger partial charge in [-0.1, -0.05) is 0 Å². The van der Waals surface area contributed by atoms with Gasteiger partial charge in [0, 0.05) is 38.3 Å². The van der Waals surface area contributed by atoms with Gasteiger partial charge in [-0.05, 0) is 43.4 Å². The largest absolute Gasteiger partial charge is 0.326 e. The summed E-state index contributed by atoms with van der Waals surface area (Å²) in [4.78, 5) is 29.1. The van der Waals surface area contributed by atoms with Crippen LogP contribution in [0.2, 0.25) is 0 Å². The van der Waals surface area contributed by atoms with Gasteiger partial charge < -0.3 is 10.3 Å². The van der Waals surface area contributed by atoms with Gasteiger partial charge in [0.05, 0.1) is 11.0 Å². The maximum atomic E-state index is 12.3. The average molecular weight is 314 g/mol. The Morgan fingerprint density at radius 2 is 2.17 bits per heavy atom. The molecule has 2 aromatic rings. The Kier molecular flexibility index (Phi) is 3.30. The molecular formula is C17H22N4O2. The van der Waals surface area contributed by atoms with E-state index in [1.165, 1.54) is 19.8 Å². The minimum Gasteiger partial charge on any atom is -0.326 e. The predicted molar refractivity (Wildman–Crippen MR) is 89.5 cm³/mol. The molecule has 1 amide bonds. The number of hydrogen-bond donors (Lipinski definition) is 2. The van der Waals surface area contributed by atoms with Gasteiger partial charge >= 0.3 is 5.69 Å². The first kappa shape index (κ1) is 14.5. The second-order valence-corrected chi connectivity index (χ2v) is 6.98. The minimum absolute atomic E-state index is 0.0682. The van der Waals surface area contributed by atoms with Crippen LogP contribution in [0.4, 0.5) is 5.69 Å². The Hall–Kier alpha value is -2.08. The van der Waals surface area contributed by atoms with E-state index in [-0.39, 0.29) is 11.6 Å². The highest BCUT2D eigenvalue weighted by Crippen LogP contribution is 2.33. The number of aromatic nitrogens is 2. The standard InChI is InChI=1S/C17H22N4O2/c1-10-7-21-16-13(9-20(10)8-12-3-4-12)5-14(18-11(2)22)6-15(16)19-17(21)23/h5-6,10,12H,3-4,7-9H2,1-2H3,(H,18,22)(H,19,23). The number of nitrogens with zero attached hydrogens (tertiary/aromatic N) is 2. The van der Waals surface area contributed by atoms with Gasteiger partial charge in [-0.15, -0.1) is 0 Å². The van der Waals surface area contributed by atoms with Crippen LogP contribution in [0.1, 0.15) is 32.3 Å². The smallest absolute Gasteiger partial charge is 0.326 e. The lowest BCUT2D eigenvalue weighted by molar-refractivity contribution is -0.114. The Morgan fingerprint density at radius 1 is 1.39 bits per heavy atom. The molecule has 1 aliphatic heterocycles. The summed E-state index contributed by atoms with van der Waals surface area (Å²) < 4.78 is 1.85. The Balaban J connectivity index is 1.81. The topological polar surface area (TPSA) is 70.1 Å². The van der Waals surface area contributed by atoms with Gasteiger partial charge in [0.15, 0.2) is 0 Å². The van der Waals surface area contributed by atoms with Crippen LogP contribution < -0.4 is 11.0 Å². The second-order valence-electron chi connectivity index (χ2n) is 6.98. The molecule has 4 rings (SSSR count). The van der Waals surface area contributed by atoms with Gasteiger partial charge in [0.2, 0.25) is 5.91 Å². The third-order valence-corrected chi connectivity index (χ3v) is 4.90. The van der Waals surface area contributed by atoms with Crippen molar-refractivity contribution in [2.45, 2.75) is 45.8 Å². The van der Waals surface area contributed by atoms with Gasteiger partial charge in [-0.25, -0.2) is 4.79 Å². The van der Waals surface area contributed by atoms with Crippen LogP contribution in [-0.2, 0) is 17.9 Å². The van der Waals surface area contributed by atoms with Gasteiger partial charge in [-0.3, -0.25) is 14.3 Å². The zero-order chi connectivity index (χ0) is 16.1. The molecule has 6 heteroatoms. The number of H-pyrrole nitrogens is 1. The zero-order valence-electron chi connectivity index (χ0n) is 13.6. The SMILES string of the molecule is CC(=O)Nc1cc2c3c(c1)[nH]c(=O)n3CC(C)N(CC1CC1)C2. The molecule has 2 aliphatic rings. The quantitative estimate of drug-likeness (QED) is 0.909. The summed E-state index contributed by atoms with van der Waals surface area (Å²) >= 11 is 0. The molecule has 6 nitrogen and oxygen atoms in total. The summed E-state index contributed by atoms with van der Waals surface area (Å²) in [5, 5.41) is 2.84. The first-order chi connectivity index (χ1) is 11.0. The Bertz CT molecular complexity index is 831. The van der Waals surface area contributed by atoms with Crippen LogP contribution >= 0.6 is 0 Å². The number of anilines is 1. The van der Waals surface area contributed by atoms with Crippen molar-refractivity contribution in [1.82, 2.24) is 14.5 Å². The number of carbonyl (C=O) groups is 1. The van der Waals surface area contributed by atoms with Crippen molar-refractivity contribution in [1.29, 1.82) is 0 Å². The number of carbonyl (C=O) groups excluding carboxylic acids is 1.